The molecular formula is C27H19F3N6O4. The van der Waals surface area contributed by atoms with Gasteiger partial charge in [0, 0.05) is 17.2 Å². The van der Waals surface area contributed by atoms with Gasteiger partial charge in [0.05, 0.1) is 5.69 Å². The molecule has 202 valence electrons. The van der Waals surface area contributed by atoms with E-state index in [1.165, 1.54) is 24.3 Å². The van der Waals surface area contributed by atoms with Crippen molar-refractivity contribution in [2.24, 2.45) is 16.6 Å². The van der Waals surface area contributed by atoms with Gasteiger partial charge in [-0.3, -0.25) is 4.79 Å². The van der Waals surface area contributed by atoms with E-state index in [1.54, 1.807) is 18.2 Å². The van der Waals surface area contributed by atoms with Crippen LogP contribution in [0.3, 0.4) is 0 Å². The highest BCUT2D eigenvalue weighted by Crippen LogP contribution is 2.33. The van der Waals surface area contributed by atoms with Gasteiger partial charge in [0.1, 0.15) is 5.75 Å². The molecular weight excluding hydrogens is 529 g/mol. The summed E-state index contributed by atoms with van der Waals surface area (Å²) < 4.78 is 47.5. The number of fused-ring (bicyclic) bond motifs is 2. The molecule has 2 aromatic heterocycles. The molecule has 0 aliphatic rings. The molecule has 3 aromatic carbocycles. The number of oxime groups is 1. The lowest BCUT2D eigenvalue weighted by atomic mass is 10.0. The third-order valence-electron chi connectivity index (χ3n) is 5.73. The second-order valence-electron chi connectivity index (χ2n) is 8.52. The van der Waals surface area contributed by atoms with Gasteiger partial charge in [0.2, 0.25) is 0 Å². The molecule has 0 fully saturated rings. The highest BCUT2D eigenvalue weighted by molar-refractivity contribution is 5.98. The Morgan fingerprint density at radius 2 is 1.65 bits per heavy atom. The number of aromatic nitrogens is 3. The summed E-state index contributed by atoms with van der Waals surface area (Å²) in [7, 11) is 0. The first kappa shape index (κ1) is 26.2. The molecule has 2 heterocycles. The van der Waals surface area contributed by atoms with Crippen LogP contribution in [-0.2, 0) is 15.8 Å². The van der Waals surface area contributed by atoms with E-state index in [0.717, 1.165) is 22.9 Å². The number of alkyl halides is 3. The number of carbonyl (C=O) groups is 2. The monoisotopic (exact) mass is 548 g/mol. The van der Waals surface area contributed by atoms with Gasteiger partial charge in [-0.15, -0.1) is 0 Å². The molecule has 0 unspecified atom stereocenters. The zero-order valence-corrected chi connectivity index (χ0v) is 20.4. The number of amides is 1. The Bertz CT molecular complexity index is 1780. The Hall–Kier alpha value is -5.46. The number of ether oxygens (including phenoxy) is 1. The zero-order valence-electron chi connectivity index (χ0n) is 20.4. The smallest absolute Gasteiger partial charge is 0.433 e. The average Bonchev–Trinajstić information content (AvgIpc) is 3.38. The number of primary amides is 1. The van der Waals surface area contributed by atoms with Crippen molar-refractivity contribution >= 4 is 34.1 Å². The van der Waals surface area contributed by atoms with Gasteiger partial charge in [-0.25, -0.2) is 14.3 Å². The van der Waals surface area contributed by atoms with Gasteiger partial charge in [0.15, 0.2) is 29.5 Å². The van der Waals surface area contributed by atoms with E-state index in [9.17, 15) is 22.8 Å². The van der Waals surface area contributed by atoms with E-state index in [4.69, 9.17) is 21.0 Å². The quantitative estimate of drug-likeness (QED) is 0.136. The molecule has 13 heteroatoms. The second kappa shape index (κ2) is 10.4. The summed E-state index contributed by atoms with van der Waals surface area (Å²) in [5.41, 5.74) is 9.92. The van der Waals surface area contributed by atoms with E-state index in [-0.39, 0.29) is 23.8 Å². The number of halogens is 3. The van der Waals surface area contributed by atoms with Gasteiger partial charge in [-0.05, 0) is 47.2 Å². The van der Waals surface area contributed by atoms with Crippen LogP contribution in [0.2, 0.25) is 0 Å². The fraction of sp³-hybridized carbons (Fsp3) is 0.0741. The third kappa shape index (κ3) is 5.53. The minimum atomic E-state index is -4.80. The largest absolute Gasteiger partial charge is 0.484 e. The molecule has 5 rings (SSSR count). The summed E-state index contributed by atoms with van der Waals surface area (Å²) >= 11 is 0. The highest BCUT2D eigenvalue weighted by Gasteiger charge is 2.36. The summed E-state index contributed by atoms with van der Waals surface area (Å²) in [6.45, 7) is -0.311. The van der Waals surface area contributed by atoms with Gasteiger partial charge < -0.3 is 21.0 Å². The van der Waals surface area contributed by atoms with E-state index in [0.29, 0.717) is 21.4 Å². The number of carbonyl (C=O) groups excluding carboxylic acids is 2. The molecule has 0 aliphatic heterocycles. The Morgan fingerprint density at radius 3 is 2.35 bits per heavy atom. The van der Waals surface area contributed by atoms with Gasteiger partial charge >= 0.3 is 12.1 Å². The van der Waals surface area contributed by atoms with Crippen LogP contribution >= 0.6 is 0 Å². The van der Waals surface area contributed by atoms with Crippen molar-refractivity contribution < 1.29 is 32.3 Å². The van der Waals surface area contributed by atoms with Crippen LogP contribution in [0.5, 0.6) is 5.75 Å². The number of rotatable bonds is 7. The van der Waals surface area contributed by atoms with Crippen LogP contribution in [0.25, 0.3) is 27.7 Å². The molecule has 0 aliphatic carbocycles. The zero-order chi connectivity index (χ0) is 28.4. The molecule has 5 aromatic rings. The molecule has 0 spiro atoms. The topological polar surface area (TPSA) is 147 Å². The van der Waals surface area contributed by atoms with Crippen molar-refractivity contribution in [1.29, 1.82) is 0 Å². The Morgan fingerprint density at radius 1 is 0.925 bits per heavy atom. The van der Waals surface area contributed by atoms with Crippen LogP contribution in [-0.4, -0.2) is 38.9 Å². The molecule has 0 radical (unpaired) electrons. The van der Waals surface area contributed by atoms with Crippen LogP contribution in [0.4, 0.5) is 13.2 Å². The third-order valence-corrected chi connectivity index (χ3v) is 5.73. The van der Waals surface area contributed by atoms with Gasteiger partial charge in [0.25, 0.3) is 5.91 Å². The number of amidine groups is 1. The lowest BCUT2D eigenvalue weighted by molar-refractivity contribution is -0.142. The van der Waals surface area contributed by atoms with Crippen LogP contribution < -0.4 is 16.2 Å². The fourth-order valence-electron chi connectivity index (χ4n) is 3.84. The molecule has 0 atom stereocenters. The first-order chi connectivity index (χ1) is 19.1. The first-order valence-corrected chi connectivity index (χ1v) is 11.6. The minimum Gasteiger partial charge on any atom is -0.484 e. The highest BCUT2D eigenvalue weighted by atomic mass is 19.4. The van der Waals surface area contributed by atoms with Gasteiger partial charge in [-0.1, -0.05) is 41.6 Å². The number of benzene rings is 3. The van der Waals surface area contributed by atoms with Crippen LogP contribution in [0.1, 0.15) is 21.7 Å². The minimum absolute atomic E-state index is 0.0518. The Kier molecular flexibility index (Phi) is 6.78. The van der Waals surface area contributed by atoms with E-state index in [2.05, 4.69) is 15.2 Å². The van der Waals surface area contributed by atoms with Crippen molar-refractivity contribution in [2.75, 3.05) is 6.61 Å². The molecule has 0 bridgehead atoms. The van der Waals surface area contributed by atoms with Crippen molar-refractivity contribution in [3.63, 3.8) is 0 Å². The maximum atomic E-state index is 14.0. The lowest BCUT2D eigenvalue weighted by Gasteiger charge is -2.11. The van der Waals surface area contributed by atoms with Crippen molar-refractivity contribution in [3.05, 3.63) is 95.8 Å². The number of nitrogens with two attached hydrogens (primary N) is 2. The fourth-order valence-corrected chi connectivity index (χ4v) is 3.84. The Labute approximate surface area is 223 Å². The maximum absolute atomic E-state index is 14.0. The molecule has 10 nitrogen and oxygen atoms in total. The predicted octanol–water partition coefficient (Wildman–Crippen LogP) is 3.91. The molecule has 4 N–H and O–H groups in total. The summed E-state index contributed by atoms with van der Waals surface area (Å²) in [5.74, 6) is -1.65. The van der Waals surface area contributed by atoms with Gasteiger partial charge in [-0.2, -0.15) is 18.3 Å². The average molecular weight is 548 g/mol. The summed E-state index contributed by atoms with van der Waals surface area (Å²) in [6, 6.07) is 20.5. The normalized spacial score (nSPS) is 12.0. The summed E-state index contributed by atoms with van der Waals surface area (Å²) in [4.78, 5) is 32.5. The van der Waals surface area contributed by atoms with Crippen LogP contribution in [0.15, 0.2) is 84.0 Å². The van der Waals surface area contributed by atoms with E-state index >= 15 is 0 Å². The molecule has 40 heavy (non-hydrogen) atoms. The van der Waals surface area contributed by atoms with Crippen LogP contribution in [0, 0.1) is 0 Å². The first-order valence-electron chi connectivity index (χ1n) is 11.6. The van der Waals surface area contributed by atoms with Crippen molar-refractivity contribution in [1.82, 2.24) is 14.6 Å². The SMILES string of the molecule is NC(=O)COc1ccc(/C(N)=N/OC(=O)c2cc3nc(-c4ccc5ccccc5c4)cc(C(F)(F)F)n3n2)cc1. The molecule has 0 saturated carbocycles. The number of nitrogens with zero attached hydrogens (tertiary/aromatic N) is 4. The van der Waals surface area contributed by atoms with E-state index < -0.39 is 29.4 Å². The number of hydrogen-bond acceptors (Lipinski definition) is 7. The van der Waals surface area contributed by atoms with Crippen molar-refractivity contribution in [2.45, 2.75) is 6.18 Å². The number of hydrogen-bond donors (Lipinski definition) is 2. The van der Waals surface area contributed by atoms with E-state index in [1.807, 2.05) is 24.3 Å². The summed E-state index contributed by atoms with van der Waals surface area (Å²) in [5, 5.41) is 9.06. The second-order valence-corrected chi connectivity index (χ2v) is 8.52. The molecule has 0 saturated heterocycles. The lowest BCUT2D eigenvalue weighted by Crippen LogP contribution is -2.20. The maximum Gasteiger partial charge on any atom is 0.433 e. The Balaban J connectivity index is 1.41. The molecule has 1 amide bonds. The van der Waals surface area contributed by atoms with Crippen molar-refractivity contribution in [3.8, 4) is 17.0 Å². The predicted molar refractivity (Wildman–Crippen MR) is 138 cm³/mol. The summed E-state index contributed by atoms with van der Waals surface area (Å²) in [6.07, 6.45) is -4.80. The standard InChI is InChI=1S/C27H19F3N6O4/c28-27(29,30)22-12-20(18-6-5-15-3-1-2-4-17(15)11-18)33-24-13-21(34-36(22)24)26(38)40-35-25(32)16-7-9-19(10-8-16)39-14-23(31)37/h1-13H,14H2,(H2,31,37)(H2,32,35).